The van der Waals surface area contributed by atoms with Crippen molar-refractivity contribution in [3.05, 3.63) is 74.7 Å². The number of hydrogen-bond donors (Lipinski definition) is 3. The number of aromatic amines is 1. The summed E-state index contributed by atoms with van der Waals surface area (Å²) in [4.78, 5) is 32.8. The second kappa shape index (κ2) is 12.9. The highest BCUT2D eigenvalue weighted by Crippen LogP contribution is 2.23. The first-order valence-corrected chi connectivity index (χ1v) is 12.3. The molecule has 1 aliphatic rings. The fraction of sp³-hybridized carbons (Fsp3) is 0.346. The Hall–Kier alpha value is -3.56. The van der Waals surface area contributed by atoms with Crippen molar-refractivity contribution in [1.29, 1.82) is 0 Å². The molecule has 0 bridgehead atoms. The van der Waals surface area contributed by atoms with Gasteiger partial charge in [0.25, 0.3) is 5.56 Å². The number of aldehydes is 1. The van der Waals surface area contributed by atoms with E-state index in [2.05, 4.69) is 25.4 Å². The van der Waals surface area contributed by atoms with E-state index in [0.717, 1.165) is 28.9 Å². The first-order valence-electron chi connectivity index (χ1n) is 11.9. The molecule has 4 aromatic rings. The number of anilines is 1. The average molecular weight is 510 g/mol. The molecule has 0 radical (unpaired) electrons. The number of nitrogens with zero attached hydrogens (tertiary/aromatic N) is 4. The summed E-state index contributed by atoms with van der Waals surface area (Å²) in [7, 11) is 0. The molecule has 1 aromatic carbocycles. The minimum atomic E-state index is -0.246. The molecular formula is C26H32ClN7O2. The highest BCUT2D eigenvalue weighted by atomic mass is 35.5. The third-order valence-corrected chi connectivity index (χ3v) is 5.97. The molecule has 0 spiro atoms. The quantitative estimate of drug-likeness (QED) is 0.282. The molecule has 1 aliphatic heterocycles. The van der Waals surface area contributed by atoms with Crippen LogP contribution < -0.4 is 16.6 Å². The topological polar surface area (TPSA) is 132 Å². The number of rotatable bonds is 3. The lowest BCUT2D eigenvalue weighted by atomic mass is 10.2. The van der Waals surface area contributed by atoms with E-state index in [1.165, 1.54) is 45.3 Å². The van der Waals surface area contributed by atoms with Crippen molar-refractivity contribution in [2.45, 2.75) is 46.5 Å². The predicted octanol–water partition coefficient (Wildman–Crippen LogP) is 3.91. The SMILES string of the molecule is C1CCNCC1.CC=O.Cc1cn(-c2ccc(Cc3nc4cc(N)c(Cl)cc4c(=O)[nH]3)cn2)nc1C. The second-order valence-electron chi connectivity index (χ2n) is 8.49. The summed E-state index contributed by atoms with van der Waals surface area (Å²) in [6, 6.07) is 6.97. The van der Waals surface area contributed by atoms with E-state index in [-0.39, 0.29) is 5.56 Å². The van der Waals surface area contributed by atoms with E-state index in [1.54, 1.807) is 16.9 Å². The van der Waals surface area contributed by atoms with Crippen molar-refractivity contribution < 1.29 is 4.79 Å². The van der Waals surface area contributed by atoms with Crippen LogP contribution in [0.25, 0.3) is 16.7 Å². The van der Waals surface area contributed by atoms with E-state index < -0.39 is 0 Å². The molecule has 3 aromatic heterocycles. The number of nitrogen functional groups attached to an aromatic ring is 1. The smallest absolute Gasteiger partial charge is 0.258 e. The Balaban J connectivity index is 0.000000341. The van der Waals surface area contributed by atoms with E-state index >= 15 is 0 Å². The van der Waals surface area contributed by atoms with E-state index in [0.29, 0.717) is 33.9 Å². The van der Waals surface area contributed by atoms with Crippen LogP contribution in [-0.4, -0.2) is 44.1 Å². The number of halogens is 1. The van der Waals surface area contributed by atoms with Crippen LogP contribution in [0.2, 0.25) is 5.02 Å². The first kappa shape index (κ1) is 27.0. The number of aryl methyl sites for hydroxylation is 2. The lowest BCUT2D eigenvalue weighted by molar-refractivity contribution is -0.106. The number of pyridine rings is 1. The van der Waals surface area contributed by atoms with Crippen LogP contribution in [0.1, 0.15) is 48.8 Å². The van der Waals surface area contributed by atoms with Crippen molar-refractivity contribution in [2.24, 2.45) is 0 Å². The van der Waals surface area contributed by atoms with Gasteiger partial charge in [-0.3, -0.25) is 4.79 Å². The zero-order valence-electron chi connectivity index (χ0n) is 20.8. The van der Waals surface area contributed by atoms with Crippen LogP contribution in [-0.2, 0) is 11.2 Å². The van der Waals surface area contributed by atoms with Crippen molar-refractivity contribution in [3.63, 3.8) is 0 Å². The van der Waals surface area contributed by atoms with Gasteiger partial charge in [-0.05, 0) is 76.0 Å². The molecule has 0 atom stereocenters. The van der Waals surface area contributed by atoms with Gasteiger partial charge in [0.15, 0.2) is 5.82 Å². The van der Waals surface area contributed by atoms with Crippen LogP contribution in [0.5, 0.6) is 0 Å². The summed E-state index contributed by atoms with van der Waals surface area (Å²) in [6.07, 6.45) is 9.10. The zero-order valence-corrected chi connectivity index (χ0v) is 21.6. The van der Waals surface area contributed by atoms with Gasteiger partial charge in [-0.15, -0.1) is 0 Å². The molecule has 190 valence electrons. The van der Waals surface area contributed by atoms with Gasteiger partial charge in [0, 0.05) is 18.8 Å². The number of H-pyrrole nitrogens is 1. The summed E-state index contributed by atoms with van der Waals surface area (Å²) >= 11 is 5.98. The normalized spacial score (nSPS) is 12.8. The Morgan fingerprint density at radius 2 is 1.89 bits per heavy atom. The van der Waals surface area contributed by atoms with Crippen molar-refractivity contribution in [2.75, 3.05) is 18.8 Å². The Morgan fingerprint density at radius 1 is 1.17 bits per heavy atom. The summed E-state index contributed by atoms with van der Waals surface area (Å²) in [5.41, 5.74) is 9.48. The lowest BCUT2D eigenvalue weighted by Gasteiger charge is -2.08. The van der Waals surface area contributed by atoms with E-state index in [1.807, 2.05) is 32.2 Å². The molecule has 9 nitrogen and oxygen atoms in total. The maximum absolute atomic E-state index is 12.3. The maximum atomic E-state index is 12.3. The number of piperidine rings is 1. The highest BCUT2D eigenvalue weighted by Gasteiger charge is 2.09. The predicted molar refractivity (Wildman–Crippen MR) is 144 cm³/mol. The van der Waals surface area contributed by atoms with Crippen LogP contribution in [0.3, 0.4) is 0 Å². The first-order chi connectivity index (χ1) is 17.3. The Labute approximate surface area is 215 Å². The number of nitrogens with two attached hydrogens (primary N) is 1. The molecule has 10 heteroatoms. The van der Waals surface area contributed by atoms with Crippen LogP contribution in [0.15, 0.2) is 41.5 Å². The number of carbonyl (C=O) groups is 1. The number of benzene rings is 1. The number of nitrogens with one attached hydrogen (secondary N) is 2. The Bertz CT molecular complexity index is 1330. The van der Waals surface area contributed by atoms with Crippen molar-refractivity contribution >= 4 is 34.5 Å². The molecule has 1 fully saturated rings. The molecule has 0 aliphatic carbocycles. The van der Waals surface area contributed by atoms with Crippen molar-refractivity contribution in [1.82, 2.24) is 30.0 Å². The Kier molecular flexibility index (Phi) is 9.72. The average Bonchev–Trinajstić information content (AvgIpc) is 3.21. The van der Waals surface area contributed by atoms with Gasteiger partial charge < -0.3 is 20.8 Å². The Morgan fingerprint density at radius 3 is 2.42 bits per heavy atom. The van der Waals surface area contributed by atoms with Gasteiger partial charge in [-0.25, -0.2) is 14.6 Å². The largest absolute Gasteiger partial charge is 0.397 e. The zero-order chi connectivity index (χ0) is 26.1. The highest BCUT2D eigenvalue weighted by molar-refractivity contribution is 6.33. The van der Waals surface area contributed by atoms with Gasteiger partial charge in [-0.1, -0.05) is 24.1 Å². The van der Waals surface area contributed by atoms with Gasteiger partial charge in [0.1, 0.15) is 12.1 Å². The van der Waals surface area contributed by atoms with Crippen LogP contribution in [0.4, 0.5) is 5.69 Å². The van der Waals surface area contributed by atoms with E-state index in [9.17, 15) is 4.79 Å². The summed E-state index contributed by atoms with van der Waals surface area (Å²) < 4.78 is 1.75. The van der Waals surface area contributed by atoms with Crippen LogP contribution >= 0.6 is 11.6 Å². The standard InChI is InChI=1S/C19H17ClN6O.C5H11N.C2H4O/c1-10-9-26(25-11(10)2)18-4-3-12(8-22-18)5-17-23-16-7-15(21)14(20)6-13(16)19(27)24-17;1-2-4-6-5-3-1;1-2-3/h3-4,6-9H,5,21H2,1-2H3,(H,23,24,27);6H,1-5H2;2H,1H3. The molecule has 36 heavy (non-hydrogen) atoms. The van der Waals surface area contributed by atoms with Gasteiger partial charge in [-0.2, -0.15) is 5.10 Å². The second-order valence-corrected chi connectivity index (χ2v) is 8.90. The fourth-order valence-corrected chi connectivity index (χ4v) is 3.79. The minimum absolute atomic E-state index is 0.246. The molecule has 1 saturated heterocycles. The fourth-order valence-electron chi connectivity index (χ4n) is 3.62. The van der Waals surface area contributed by atoms with Gasteiger partial charge in [0.2, 0.25) is 0 Å². The molecule has 4 heterocycles. The molecule has 0 amide bonds. The number of fused-ring (bicyclic) bond motifs is 1. The van der Waals surface area contributed by atoms with E-state index in [4.69, 9.17) is 22.1 Å². The van der Waals surface area contributed by atoms with Crippen LogP contribution in [0, 0.1) is 13.8 Å². The maximum Gasteiger partial charge on any atom is 0.258 e. The lowest BCUT2D eigenvalue weighted by Crippen LogP contribution is -2.21. The number of carbonyl (C=O) groups excluding carboxylic acids is 1. The minimum Gasteiger partial charge on any atom is -0.397 e. The number of aromatic nitrogens is 5. The molecule has 5 rings (SSSR count). The molecular weight excluding hydrogens is 478 g/mol. The van der Waals surface area contributed by atoms with Gasteiger partial charge >= 0.3 is 0 Å². The number of hydrogen-bond acceptors (Lipinski definition) is 7. The van der Waals surface area contributed by atoms with Crippen molar-refractivity contribution in [3.8, 4) is 5.82 Å². The molecule has 4 N–H and O–H groups in total. The monoisotopic (exact) mass is 509 g/mol. The molecule has 0 unspecified atom stereocenters. The molecule has 0 saturated carbocycles. The third-order valence-electron chi connectivity index (χ3n) is 5.64. The van der Waals surface area contributed by atoms with Gasteiger partial charge in [0.05, 0.1) is 27.3 Å². The third kappa shape index (κ3) is 7.22. The summed E-state index contributed by atoms with van der Waals surface area (Å²) in [5.74, 6) is 1.27. The summed E-state index contributed by atoms with van der Waals surface area (Å²) in [6.45, 7) is 7.91. The summed E-state index contributed by atoms with van der Waals surface area (Å²) in [5, 5.41) is 8.46.